The highest BCUT2D eigenvalue weighted by Gasteiger charge is 2.27. The predicted molar refractivity (Wildman–Crippen MR) is 65.6 cm³/mol. The van der Waals surface area contributed by atoms with Crippen molar-refractivity contribution >= 4 is 11.3 Å². The Labute approximate surface area is 100 Å². The van der Waals surface area contributed by atoms with Gasteiger partial charge in [0.15, 0.2) is 0 Å². The molecule has 3 heterocycles. The summed E-state index contributed by atoms with van der Waals surface area (Å²) in [6.45, 7) is 3.80. The minimum Gasteiger partial charge on any atom is -0.371 e. The smallest absolute Gasteiger partial charge is 0.0817 e. The Morgan fingerprint density at radius 3 is 3.06 bits per heavy atom. The second-order valence-corrected chi connectivity index (χ2v) is 6.17. The summed E-state index contributed by atoms with van der Waals surface area (Å²) in [6, 6.07) is 2.67. The average molecular weight is 238 g/mol. The van der Waals surface area contributed by atoms with E-state index in [9.17, 15) is 0 Å². The molecule has 2 N–H and O–H groups in total. The molecule has 0 radical (unpaired) electrons. The van der Waals surface area contributed by atoms with Gasteiger partial charge in [-0.1, -0.05) is 0 Å². The van der Waals surface area contributed by atoms with E-state index in [1.165, 1.54) is 15.3 Å². The molecule has 0 aliphatic carbocycles. The number of nitrogens with two attached hydrogens (primary N) is 1. The molecular formula is C12H18N2OS. The Bertz CT molecular complexity index is 359. The third kappa shape index (κ3) is 1.91. The molecule has 88 valence electrons. The highest BCUT2D eigenvalue weighted by atomic mass is 32.1. The molecule has 0 amide bonds. The molecule has 1 saturated heterocycles. The predicted octanol–water partition coefficient (Wildman–Crippen LogP) is 1.52. The van der Waals surface area contributed by atoms with Gasteiger partial charge in [0.1, 0.15) is 0 Å². The van der Waals surface area contributed by atoms with Crippen LogP contribution in [0.4, 0.5) is 0 Å². The first kappa shape index (κ1) is 10.7. The molecule has 0 aromatic carbocycles. The summed E-state index contributed by atoms with van der Waals surface area (Å²) in [5, 5.41) is 0. The Kier molecular flexibility index (Phi) is 2.75. The van der Waals surface area contributed by atoms with Crippen LogP contribution in [-0.2, 0) is 18.0 Å². The minimum atomic E-state index is 0.331. The standard InChI is InChI=1S/C12H18N2OS/c1-14-4-8(2-10(13)5-14)11-3-9-6-15-7-12(9)16-11/h3,8,10H,2,4-7,13H2,1H3. The van der Waals surface area contributed by atoms with E-state index in [-0.39, 0.29) is 0 Å². The van der Waals surface area contributed by atoms with Crippen LogP contribution in [0, 0.1) is 0 Å². The van der Waals surface area contributed by atoms with Crippen molar-refractivity contribution < 1.29 is 4.74 Å². The third-order valence-corrected chi connectivity index (χ3v) is 4.79. The van der Waals surface area contributed by atoms with Gasteiger partial charge in [0.2, 0.25) is 0 Å². The molecule has 16 heavy (non-hydrogen) atoms. The number of hydrogen-bond acceptors (Lipinski definition) is 4. The molecule has 1 aromatic heterocycles. The molecule has 3 rings (SSSR count). The van der Waals surface area contributed by atoms with Crippen molar-refractivity contribution in [3.05, 3.63) is 21.4 Å². The van der Waals surface area contributed by atoms with Crippen LogP contribution in [0.3, 0.4) is 0 Å². The summed E-state index contributed by atoms with van der Waals surface area (Å²) in [5.74, 6) is 0.629. The second-order valence-electron chi connectivity index (χ2n) is 5.00. The van der Waals surface area contributed by atoms with Gasteiger partial charge in [0.25, 0.3) is 0 Å². The highest BCUT2D eigenvalue weighted by Crippen LogP contribution is 2.36. The first-order chi connectivity index (χ1) is 7.72. The van der Waals surface area contributed by atoms with Crippen LogP contribution in [0.5, 0.6) is 0 Å². The zero-order valence-corrected chi connectivity index (χ0v) is 10.4. The van der Waals surface area contributed by atoms with Gasteiger partial charge < -0.3 is 15.4 Å². The third-order valence-electron chi connectivity index (χ3n) is 3.47. The van der Waals surface area contributed by atoms with Crippen molar-refractivity contribution in [1.29, 1.82) is 0 Å². The maximum absolute atomic E-state index is 6.08. The fourth-order valence-corrected chi connectivity index (χ4v) is 3.97. The molecule has 2 unspecified atom stereocenters. The number of nitrogens with zero attached hydrogens (tertiary/aromatic N) is 1. The number of piperidine rings is 1. The Morgan fingerprint density at radius 2 is 2.31 bits per heavy atom. The topological polar surface area (TPSA) is 38.5 Å². The van der Waals surface area contributed by atoms with Crippen LogP contribution in [-0.4, -0.2) is 31.1 Å². The lowest BCUT2D eigenvalue weighted by Crippen LogP contribution is -2.43. The van der Waals surface area contributed by atoms with E-state index < -0.39 is 0 Å². The SMILES string of the molecule is CN1CC(N)CC(c2cc3c(s2)COC3)C1. The number of likely N-dealkylation sites (N-methyl/N-ethyl adjacent to an activating group) is 1. The van der Waals surface area contributed by atoms with Crippen LogP contribution in [0.25, 0.3) is 0 Å². The van der Waals surface area contributed by atoms with Gasteiger partial charge in [-0.3, -0.25) is 0 Å². The summed E-state index contributed by atoms with van der Waals surface area (Å²) >= 11 is 1.93. The van der Waals surface area contributed by atoms with Crippen molar-refractivity contribution in [1.82, 2.24) is 4.90 Å². The fraction of sp³-hybridized carbons (Fsp3) is 0.667. The summed E-state index contributed by atoms with van der Waals surface area (Å²) in [4.78, 5) is 5.28. The maximum Gasteiger partial charge on any atom is 0.0817 e. The van der Waals surface area contributed by atoms with Gasteiger partial charge in [-0.05, 0) is 25.1 Å². The second kappa shape index (κ2) is 4.11. The van der Waals surface area contributed by atoms with Crippen LogP contribution in [0.2, 0.25) is 0 Å². The number of rotatable bonds is 1. The van der Waals surface area contributed by atoms with Gasteiger partial charge in [0, 0.05) is 34.8 Å². The summed E-state index contributed by atoms with van der Waals surface area (Å²) in [5.41, 5.74) is 7.49. The van der Waals surface area contributed by atoms with Crippen LogP contribution in [0.15, 0.2) is 6.07 Å². The number of likely N-dealkylation sites (tertiary alicyclic amines) is 1. The van der Waals surface area contributed by atoms with Crippen molar-refractivity contribution in [3.63, 3.8) is 0 Å². The van der Waals surface area contributed by atoms with Gasteiger partial charge >= 0.3 is 0 Å². The molecule has 0 spiro atoms. The number of hydrogen-bond donors (Lipinski definition) is 1. The summed E-state index contributed by atoms with van der Waals surface area (Å²) < 4.78 is 5.41. The van der Waals surface area contributed by atoms with E-state index in [0.29, 0.717) is 12.0 Å². The summed E-state index contributed by atoms with van der Waals surface area (Å²) in [6.07, 6.45) is 1.13. The largest absolute Gasteiger partial charge is 0.371 e. The summed E-state index contributed by atoms with van der Waals surface area (Å²) in [7, 11) is 2.16. The fourth-order valence-electron chi connectivity index (χ4n) is 2.76. The lowest BCUT2D eigenvalue weighted by atomic mass is 9.93. The molecule has 1 fully saturated rings. The lowest BCUT2D eigenvalue weighted by molar-refractivity contribution is 0.135. The lowest BCUT2D eigenvalue weighted by Gasteiger charge is -2.33. The van der Waals surface area contributed by atoms with E-state index in [0.717, 1.165) is 32.7 Å². The zero-order chi connectivity index (χ0) is 11.1. The van der Waals surface area contributed by atoms with Crippen LogP contribution in [0.1, 0.15) is 27.7 Å². The first-order valence-electron chi connectivity index (χ1n) is 5.85. The maximum atomic E-state index is 6.08. The van der Waals surface area contributed by atoms with Gasteiger partial charge in [0.05, 0.1) is 13.2 Å². The molecule has 2 aliphatic heterocycles. The Balaban J connectivity index is 1.80. The van der Waals surface area contributed by atoms with Crippen LogP contribution < -0.4 is 5.73 Å². The van der Waals surface area contributed by atoms with Gasteiger partial charge in [-0.25, -0.2) is 0 Å². The van der Waals surface area contributed by atoms with Gasteiger partial charge in [-0.2, -0.15) is 0 Å². The molecule has 4 heteroatoms. The van der Waals surface area contributed by atoms with Crippen LogP contribution >= 0.6 is 11.3 Å². The zero-order valence-electron chi connectivity index (χ0n) is 9.61. The molecule has 0 bridgehead atoms. The molecule has 3 nitrogen and oxygen atoms in total. The van der Waals surface area contributed by atoms with Crippen molar-refractivity contribution in [2.24, 2.45) is 5.73 Å². The number of fused-ring (bicyclic) bond motifs is 1. The number of thiophene rings is 1. The van der Waals surface area contributed by atoms with E-state index in [2.05, 4.69) is 18.0 Å². The van der Waals surface area contributed by atoms with E-state index in [1.54, 1.807) is 0 Å². The monoisotopic (exact) mass is 238 g/mol. The van der Waals surface area contributed by atoms with E-state index >= 15 is 0 Å². The van der Waals surface area contributed by atoms with Crippen molar-refractivity contribution in [2.45, 2.75) is 31.6 Å². The quantitative estimate of drug-likeness (QED) is 0.806. The Morgan fingerprint density at radius 1 is 1.44 bits per heavy atom. The van der Waals surface area contributed by atoms with Gasteiger partial charge in [-0.15, -0.1) is 11.3 Å². The normalized spacial score (nSPS) is 30.6. The van der Waals surface area contributed by atoms with Crippen molar-refractivity contribution in [2.75, 3.05) is 20.1 Å². The molecule has 0 saturated carbocycles. The highest BCUT2D eigenvalue weighted by molar-refractivity contribution is 7.12. The molecular weight excluding hydrogens is 220 g/mol. The Hall–Kier alpha value is -0.420. The molecule has 2 atom stereocenters. The van der Waals surface area contributed by atoms with E-state index in [4.69, 9.17) is 10.5 Å². The average Bonchev–Trinajstić information content (AvgIpc) is 2.74. The molecule has 2 aliphatic rings. The minimum absolute atomic E-state index is 0.331. The first-order valence-corrected chi connectivity index (χ1v) is 6.67. The van der Waals surface area contributed by atoms with Crippen molar-refractivity contribution in [3.8, 4) is 0 Å². The number of ether oxygens (including phenoxy) is 1. The van der Waals surface area contributed by atoms with E-state index in [1.807, 2.05) is 11.3 Å². The molecule has 1 aromatic rings.